The molecule has 0 aliphatic carbocycles. The van der Waals surface area contributed by atoms with Gasteiger partial charge in [0.2, 0.25) is 0 Å². The molecule has 3 rings (SSSR count). The maximum absolute atomic E-state index is 12.8. The molecule has 0 amide bonds. The summed E-state index contributed by atoms with van der Waals surface area (Å²) in [7, 11) is -1.92. The standard InChI is InChI=1S/C17H23N3O3S/c1-13(2)17-18-15-12-20(10-9-16(15)23-17)24(21,22)19(3)11-14-7-5-4-6-8-14/h4-8,13H,9-12H2,1-3H3. The number of benzene rings is 1. The summed E-state index contributed by atoms with van der Waals surface area (Å²) in [5.41, 5.74) is 1.70. The van der Waals surface area contributed by atoms with Crippen LogP contribution in [-0.2, 0) is 29.7 Å². The SMILES string of the molecule is CC(C)c1nc2c(o1)CCN(S(=O)(=O)N(C)Cc1ccccc1)C2. The van der Waals surface area contributed by atoms with Gasteiger partial charge in [0.25, 0.3) is 10.2 Å². The predicted molar refractivity (Wildman–Crippen MR) is 91.5 cm³/mol. The summed E-state index contributed by atoms with van der Waals surface area (Å²) in [5.74, 6) is 1.69. The largest absolute Gasteiger partial charge is 0.445 e. The lowest BCUT2D eigenvalue weighted by Gasteiger charge is -2.29. The first kappa shape index (κ1) is 17.1. The number of fused-ring (bicyclic) bond motifs is 1. The molecule has 1 aromatic heterocycles. The van der Waals surface area contributed by atoms with Crippen molar-refractivity contribution in [3.8, 4) is 0 Å². The van der Waals surface area contributed by atoms with Crippen LogP contribution in [0.25, 0.3) is 0 Å². The molecule has 6 nitrogen and oxygen atoms in total. The van der Waals surface area contributed by atoms with Crippen LogP contribution in [0, 0.1) is 0 Å². The van der Waals surface area contributed by atoms with E-state index in [1.54, 1.807) is 7.05 Å². The van der Waals surface area contributed by atoms with E-state index in [0.29, 0.717) is 25.4 Å². The Bertz CT molecular complexity index is 800. The Hall–Kier alpha value is -1.70. The molecule has 1 aromatic carbocycles. The zero-order valence-electron chi connectivity index (χ0n) is 14.3. The molecule has 0 radical (unpaired) electrons. The Morgan fingerprint density at radius 2 is 2.00 bits per heavy atom. The Morgan fingerprint density at radius 1 is 1.29 bits per heavy atom. The van der Waals surface area contributed by atoms with Crippen molar-refractivity contribution in [2.75, 3.05) is 13.6 Å². The van der Waals surface area contributed by atoms with Crippen LogP contribution in [0.1, 0.15) is 42.7 Å². The minimum atomic E-state index is -3.53. The van der Waals surface area contributed by atoms with E-state index in [2.05, 4.69) is 4.98 Å². The smallest absolute Gasteiger partial charge is 0.282 e. The molecule has 130 valence electrons. The Balaban J connectivity index is 1.75. The van der Waals surface area contributed by atoms with Crippen LogP contribution in [0.3, 0.4) is 0 Å². The lowest BCUT2D eigenvalue weighted by Crippen LogP contribution is -2.43. The lowest BCUT2D eigenvalue weighted by atomic mass is 10.2. The van der Waals surface area contributed by atoms with Crippen molar-refractivity contribution in [3.63, 3.8) is 0 Å². The molecule has 1 aliphatic rings. The third-order valence-electron chi connectivity index (χ3n) is 4.17. The zero-order chi connectivity index (χ0) is 17.3. The van der Waals surface area contributed by atoms with Gasteiger partial charge in [-0.15, -0.1) is 0 Å². The third-order valence-corrected chi connectivity index (χ3v) is 6.05. The molecule has 1 aliphatic heterocycles. The van der Waals surface area contributed by atoms with Crippen molar-refractivity contribution < 1.29 is 12.8 Å². The molecule has 2 heterocycles. The van der Waals surface area contributed by atoms with Crippen LogP contribution >= 0.6 is 0 Å². The maximum Gasteiger partial charge on any atom is 0.282 e. The molecule has 0 unspecified atom stereocenters. The summed E-state index contributed by atoms with van der Waals surface area (Å²) in [6.45, 7) is 5.07. The highest BCUT2D eigenvalue weighted by Gasteiger charge is 2.33. The van der Waals surface area contributed by atoms with Crippen molar-refractivity contribution >= 4 is 10.2 Å². The van der Waals surface area contributed by atoms with Crippen molar-refractivity contribution in [1.29, 1.82) is 0 Å². The van der Waals surface area contributed by atoms with E-state index in [9.17, 15) is 8.42 Å². The van der Waals surface area contributed by atoms with Crippen LogP contribution in [0.2, 0.25) is 0 Å². The van der Waals surface area contributed by atoms with E-state index in [-0.39, 0.29) is 12.5 Å². The molecule has 0 atom stereocenters. The summed E-state index contributed by atoms with van der Waals surface area (Å²) in [5, 5.41) is 0. The van der Waals surface area contributed by atoms with E-state index in [0.717, 1.165) is 17.0 Å². The highest BCUT2D eigenvalue weighted by atomic mass is 32.2. The van der Waals surface area contributed by atoms with Gasteiger partial charge in [0.1, 0.15) is 5.76 Å². The van der Waals surface area contributed by atoms with Crippen LogP contribution in [-0.4, -0.2) is 35.6 Å². The van der Waals surface area contributed by atoms with Crippen LogP contribution in [0.5, 0.6) is 0 Å². The molecule has 0 saturated carbocycles. The first-order valence-electron chi connectivity index (χ1n) is 8.11. The normalized spacial score (nSPS) is 15.9. The number of hydrogen-bond donors (Lipinski definition) is 0. The van der Waals surface area contributed by atoms with E-state index in [4.69, 9.17) is 4.42 Å². The zero-order valence-corrected chi connectivity index (χ0v) is 15.1. The minimum absolute atomic E-state index is 0.196. The highest BCUT2D eigenvalue weighted by molar-refractivity contribution is 7.86. The summed E-state index contributed by atoms with van der Waals surface area (Å²) in [6.07, 6.45) is 0.563. The van der Waals surface area contributed by atoms with Gasteiger partial charge in [0.15, 0.2) is 5.89 Å². The maximum atomic E-state index is 12.8. The number of oxazole rings is 1. The van der Waals surface area contributed by atoms with E-state index in [1.165, 1.54) is 8.61 Å². The van der Waals surface area contributed by atoms with Gasteiger partial charge >= 0.3 is 0 Å². The second kappa shape index (κ2) is 6.66. The summed E-state index contributed by atoms with van der Waals surface area (Å²) in [4.78, 5) is 4.47. The molecule has 7 heteroatoms. The molecule has 0 saturated heterocycles. The van der Waals surface area contributed by atoms with E-state index < -0.39 is 10.2 Å². The Kier molecular flexibility index (Phi) is 4.76. The van der Waals surface area contributed by atoms with Crippen molar-refractivity contribution in [3.05, 3.63) is 53.2 Å². The van der Waals surface area contributed by atoms with Crippen LogP contribution in [0.4, 0.5) is 0 Å². The first-order valence-corrected chi connectivity index (χ1v) is 9.51. The second-order valence-electron chi connectivity index (χ2n) is 6.41. The molecular formula is C17H23N3O3S. The fourth-order valence-corrected chi connectivity index (χ4v) is 4.07. The van der Waals surface area contributed by atoms with Crippen molar-refractivity contribution in [2.24, 2.45) is 0 Å². The van der Waals surface area contributed by atoms with Crippen LogP contribution < -0.4 is 0 Å². The summed E-state index contributed by atoms with van der Waals surface area (Å²) in [6, 6.07) is 9.58. The fraction of sp³-hybridized carbons (Fsp3) is 0.471. The molecule has 24 heavy (non-hydrogen) atoms. The van der Waals surface area contributed by atoms with Gasteiger partial charge in [-0.2, -0.15) is 17.0 Å². The van der Waals surface area contributed by atoms with Gasteiger partial charge in [0, 0.05) is 32.5 Å². The monoisotopic (exact) mass is 349 g/mol. The predicted octanol–water partition coefficient (Wildman–Crippen LogP) is 2.53. The average molecular weight is 349 g/mol. The number of rotatable bonds is 5. The molecule has 2 aromatic rings. The van der Waals surface area contributed by atoms with E-state index in [1.807, 2.05) is 44.2 Å². The van der Waals surface area contributed by atoms with Crippen LogP contribution in [0.15, 0.2) is 34.7 Å². The molecule has 0 spiro atoms. The third kappa shape index (κ3) is 3.38. The lowest BCUT2D eigenvalue weighted by molar-refractivity contribution is 0.322. The fourth-order valence-electron chi connectivity index (χ4n) is 2.76. The number of hydrogen-bond acceptors (Lipinski definition) is 4. The topological polar surface area (TPSA) is 66.7 Å². The Morgan fingerprint density at radius 3 is 2.67 bits per heavy atom. The van der Waals surface area contributed by atoms with Gasteiger partial charge in [-0.25, -0.2) is 4.98 Å². The van der Waals surface area contributed by atoms with Gasteiger partial charge in [-0.3, -0.25) is 0 Å². The summed E-state index contributed by atoms with van der Waals surface area (Å²) >= 11 is 0. The van der Waals surface area contributed by atoms with Gasteiger partial charge in [-0.05, 0) is 5.56 Å². The average Bonchev–Trinajstić information content (AvgIpc) is 2.99. The molecule has 0 fully saturated rings. The van der Waals surface area contributed by atoms with E-state index >= 15 is 0 Å². The second-order valence-corrected chi connectivity index (χ2v) is 8.45. The minimum Gasteiger partial charge on any atom is -0.445 e. The van der Waals surface area contributed by atoms with Gasteiger partial charge < -0.3 is 4.42 Å². The highest BCUT2D eigenvalue weighted by Crippen LogP contribution is 2.26. The Labute approximate surface area is 143 Å². The van der Waals surface area contributed by atoms with Gasteiger partial charge in [0.05, 0.1) is 12.2 Å². The number of aromatic nitrogens is 1. The summed E-state index contributed by atoms with van der Waals surface area (Å²) < 4.78 is 34.3. The first-order chi connectivity index (χ1) is 11.4. The number of nitrogens with zero attached hydrogens (tertiary/aromatic N) is 3. The quantitative estimate of drug-likeness (QED) is 0.832. The molecule has 0 N–H and O–H groups in total. The van der Waals surface area contributed by atoms with Crippen molar-refractivity contribution in [2.45, 2.75) is 39.3 Å². The van der Waals surface area contributed by atoms with Gasteiger partial charge in [-0.1, -0.05) is 44.2 Å². The van der Waals surface area contributed by atoms with Crippen molar-refractivity contribution in [1.82, 2.24) is 13.6 Å². The molecule has 0 bridgehead atoms. The molecular weight excluding hydrogens is 326 g/mol.